The monoisotopic (exact) mass is 277 g/mol. The Morgan fingerprint density at radius 3 is 2.35 bits per heavy atom. The van der Waals surface area contributed by atoms with E-state index in [1.807, 2.05) is 32.1 Å². The van der Waals surface area contributed by atoms with Crippen molar-refractivity contribution in [2.75, 3.05) is 13.2 Å². The molecule has 0 atom stereocenters. The zero-order chi connectivity index (χ0) is 14.8. The van der Waals surface area contributed by atoms with Gasteiger partial charge in [0.25, 0.3) is 0 Å². The van der Waals surface area contributed by atoms with Gasteiger partial charge in [-0.1, -0.05) is 43.8 Å². The van der Waals surface area contributed by atoms with E-state index in [1.54, 1.807) is 0 Å². The van der Waals surface area contributed by atoms with E-state index in [1.165, 1.54) is 5.56 Å². The third-order valence-electron chi connectivity index (χ3n) is 3.16. The number of hydrogen-bond donors (Lipinski definition) is 1. The van der Waals surface area contributed by atoms with E-state index >= 15 is 0 Å². The summed E-state index contributed by atoms with van der Waals surface area (Å²) < 4.78 is 11.7. The van der Waals surface area contributed by atoms with Gasteiger partial charge in [0.1, 0.15) is 0 Å². The van der Waals surface area contributed by atoms with Crippen molar-refractivity contribution >= 4 is 6.08 Å². The molecule has 0 aromatic heterocycles. The molecule has 0 amide bonds. The summed E-state index contributed by atoms with van der Waals surface area (Å²) in [6, 6.07) is 8.21. The van der Waals surface area contributed by atoms with E-state index in [4.69, 9.17) is 9.47 Å². The first-order valence-electron chi connectivity index (χ1n) is 7.44. The minimum Gasteiger partial charge on any atom is -0.338 e. The predicted octanol–water partition coefficient (Wildman–Crippen LogP) is 3.95. The lowest BCUT2D eigenvalue weighted by atomic mass is 10.1. The second-order valence-electron chi connectivity index (χ2n) is 4.63. The lowest BCUT2D eigenvalue weighted by Crippen LogP contribution is -2.49. The zero-order valence-corrected chi connectivity index (χ0v) is 12.9. The summed E-state index contributed by atoms with van der Waals surface area (Å²) in [5.41, 5.74) is 2.33. The molecule has 3 heteroatoms. The van der Waals surface area contributed by atoms with Gasteiger partial charge in [0.15, 0.2) is 0 Å². The van der Waals surface area contributed by atoms with Crippen LogP contribution >= 0.6 is 0 Å². The van der Waals surface area contributed by atoms with Crippen LogP contribution in [0.4, 0.5) is 0 Å². The molecule has 1 rings (SSSR count). The maximum Gasteiger partial charge on any atom is 0.227 e. The predicted molar refractivity (Wildman–Crippen MR) is 84.3 cm³/mol. The van der Waals surface area contributed by atoms with Crippen molar-refractivity contribution in [2.24, 2.45) is 0 Å². The topological polar surface area (TPSA) is 30.5 Å². The fourth-order valence-corrected chi connectivity index (χ4v) is 2.30. The Bertz CT molecular complexity index is 387. The first kappa shape index (κ1) is 16.9. The molecule has 0 saturated carbocycles. The highest BCUT2D eigenvalue weighted by atomic mass is 16.7. The molecule has 0 unspecified atom stereocenters. The summed E-state index contributed by atoms with van der Waals surface area (Å²) >= 11 is 0. The highest BCUT2D eigenvalue weighted by Crippen LogP contribution is 2.19. The van der Waals surface area contributed by atoms with Crippen LogP contribution in [0.1, 0.15) is 44.7 Å². The Morgan fingerprint density at radius 2 is 1.80 bits per heavy atom. The third-order valence-corrected chi connectivity index (χ3v) is 3.16. The number of benzene rings is 1. The van der Waals surface area contributed by atoms with Gasteiger partial charge in [-0.15, -0.1) is 0 Å². The Kier molecular flexibility index (Phi) is 7.52. The van der Waals surface area contributed by atoms with E-state index in [9.17, 15) is 0 Å². The van der Waals surface area contributed by atoms with Crippen LogP contribution in [0.25, 0.3) is 6.08 Å². The molecule has 0 aliphatic heterocycles. The average molecular weight is 277 g/mol. The van der Waals surface area contributed by atoms with Gasteiger partial charge < -0.3 is 9.47 Å². The highest BCUT2D eigenvalue weighted by molar-refractivity contribution is 5.51. The zero-order valence-electron chi connectivity index (χ0n) is 12.9. The minimum absolute atomic E-state index is 0.621. The number of hydrogen-bond acceptors (Lipinski definition) is 3. The molecule has 112 valence electrons. The van der Waals surface area contributed by atoms with Crippen LogP contribution in [0.15, 0.2) is 30.8 Å². The van der Waals surface area contributed by atoms with Gasteiger partial charge >= 0.3 is 0 Å². The number of rotatable bonds is 10. The van der Waals surface area contributed by atoms with Gasteiger partial charge in [-0.25, -0.2) is 0 Å². The van der Waals surface area contributed by atoms with Crippen molar-refractivity contribution in [2.45, 2.75) is 46.1 Å². The van der Waals surface area contributed by atoms with Gasteiger partial charge in [0, 0.05) is 26.2 Å². The van der Waals surface area contributed by atoms with Crippen molar-refractivity contribution in [3.8, 4) is 0 Å². The smallest absolute Gasteiger partial charge is 0.227 e. The van der Waals surface area contributed by atoms with E-state index in [2.05, 4.69) is 31.0 Å². The molecule has 0 saturated heterocycles. The summed E-state index contributed by atoms with van der Waals surface area (Å²) in [4.78, 5) is 0. The van der Waals surface area contributed by atoms with Crippen LogP contribution in [0.5, 0.6) is 0 Å². The largest absolute Gasteiger partial charge is 0.338 e. The number of ether oxygens (including phenoxy) is 2. The van der Waals surface area contributed by atoms with Gasteiger partial charge in [0.2, 0.25) is 5.91 Å². The van der Waals surface area contributed by atoms with Crippen LogP contribution in [-0.4, -0.2) is 19.1 Å². The summed E-state index contributed by atoms with van der Waals surface area (Å²) in [7, 11) is 0. The van der Waals surface area contributed by atoms with Crippen LogP contribution in [0, 0.1) is 0 Å². The molecule has 0 bridgehead atoms. The molecule has 1 aromatic rings. The molecule has 0 heterocycles. The maximum absolute atomic E-state index is 5.85. The van der Waals surface area contributed by atoms with Crippen LogP contribution in [0.2, 0.25) is 0 Å². The molecule has 3 nitrogen and oxygen atoms in total. The van der Waals surface area contributed by atoms with E-state index in [0.717, 1.165) is 18.4 Å². The molecule has 0 spiro atoms. The molecule has 0 fully saturated rings. The molecular formula is C17H27NO2. The van der Waals surface area contributed by atoms with Crippen molar-refractivity contribution < 1.29 is 9.47 Å². The Labute approximate surface area is 123 Å². The highest BCUT2D eigenvalue weighted by Gasteiger charge is 2.29. The summed E-state index contributed by atoms with van der Waals surface area (Å²) in [6.45, 7) is 11.9. The summed E-state index contributed by atoms with van der Waals surface area (Å²) in [5, 5.41) is 3.43. The molecule has 0 aliphatic rings. The molecule has 0 radical (unpaired) electrons. The van der Waals surface area contributed by atoms with Crippen LogP contribution in [-0.2, 0) is 16.0 Å². The summed E-state index contributed by atoms with van der Waals surface area (Å²) in [6.07, 6.45) is 3.70. The van der Waals surface area contributed by atoms with Crippen LogP contribution < -0.4 is 5.32 Å². The Morgan fingerprint density at radius 1 is 1.15 bits per heavy atom. The Hall–Kier alpha value is -1.16. The minimum atomic E-state index is -0.688. The second kappa shape index (κ2) is 8.90. The third kappa shape index (κ3) is 4.75. The average Bonchev–Trinajstić information content (AvgIpc) is 2.46. The maximum atomic E-state index is 5.85. The van der Waals surface area contributed by atoms with Crippen molar-refractivity contribution in [3.63, 3.8) is 0 Å². The first-order chi connectivity index (χ1) is 9.71. The molecule has 20 heavy (non-hydrogen) atoms. The lowest BCUT2D eigenvalue weighted by molar-refractivity contribution is -0.257. The van der Waals surface area contributed by atoms with Gasteiger partial charge in [0.05, 0.1) is 0 Å². The quantitative estimate of drug-likeness (QED) is 0.657. The van der Waals surface area contributed by atoms with Crippen molar-refractivity contribution in [1.82, 2.24) is 5.32 Å². The normalized spacial score (nSPS) is 11.6. The molecular weight excluding hydrogens is 250 g/mol. The molecule has 1 N–H and O–H groups in total. The standard InChI is InChI=1S/C17H27NO2/c1-5-13-17(19-7-3,20-8-4)18-14-16-12-10-9-11-15(16)6-2/h6,9-12,18H,2,5,7-8,13-14H2,1,3-4H3. The van der Waals surface area contributed by atoms with Crippen LogP contribution in [0.3, 0.4) is 0 Å². The number of nitrogens with one attached hydrogen (secondary N) is 1. The fraction of sp³-hybridized carbons (Fsp3) is 0.529. The van der Waals surface area contributed by atoms with E-state index in [0.29, 0.717) is 19.8 Å². The SMILES string of the molecule is C=Cc1ccccc1CNC(CCC)(OCC)OCC. The van der Waals surface area contributed by atoms with Gasteiger partial charge in [-0.2, -0.15) is 0 Å². The lowest BCUT2D eigenvalue weighted by Gasteiger charge is -2.34. The fourth-order valence-electron chi connectivity index (χ4n) is 2.30. The molecule has 1 aromatic carbocycles. The Balaban J connectivity index is 2.81. The van der Waals surface area contributed by atoms with E-state index < -0.39 is 5.91 Å². The second-order valence-corrected chi connectivity index (χ2v) is 4.63. The van der Waals surface area contributed by atoms with Crippen molar-refractivity contribution in [3.05, 3.63) is 42.0 Å². The summed E-state index contributed by atoms with van der Waals surface area (Å²) in [5.74, 6) is -0.688. The molecule has 0 aliphatic carbocycles. The van der Waals surface area contributed by atoms with Crippen molar-refractivity contribution in [1.29, 1.82) is 0 Å². The first-order valence-corrected chi connectivity index (χ1v) is 7.44. The van der Waals surface area contributed by atoms with Gasteiger partial charge in [-0.05, 0) is 31.4 Å². The van der Waals surface area contributed by atoms with E-state index in [-0.39, 0.29) is 0 Å². The van der Waals surface area contributed by atoms with Gasteiger partial charge in [-0.3, -0.25) is 5.32 Å².